The van der Waals surface area contributed by atoms with Gasteiger partial charge in [-0.1, -0.05) is 125 Å². The quantitative estimate of drug-likeness (QED) is 0.152. The standard InChI is InChI=1S/C12H26.C10H18S.C8H16/c1-6-8-9-12(4,5)10-11(3)7-2;1-3-5-6-7-8-9-10(11)4-2;1-3-8-5-4-7(2)6-8/h11H,6-10H2,1-5H3;5-6H,3-4,7-9H2,1-2H3;7-8H,3-6H2,1-2H3/b;6-5-;. The molecule has 3 atom stereocenters. The Bertz CT molecular complexity index is 420. The van der Waals surface area contributed by atoms with Crippen LogP contribution < -0.4 is 0 Å². The highest BCUT2D eigenvalue weighted by Crippen LogP contribution is 2.32. The molecule has 0 amide bonds. The third kappa shape index (κ3) is 22.8. The molecule has 0 radical (unpaired) electrons. The summed E-state index contributed by atoms with van der Waals surface area (Å²) in [5, 5.41) is 0. The van der Waals surface area contributed by atoms with Gasteiger partial charge >= 0.3 is 0 Å². The van der Waals surface area contributed by atoms with Crippen molar-refractivity contribution in [1.29, 1.82) is 0 Å². The van der Waals surface area contributed by atoms with Crippen LogP contribution in [0.4, 0.5) is 0 Å². The molecule has 0 spiro atoms. The zero-order valence-corrected chi connectivity index (χ0v) is 24.0. The van der Waals surface area contributed by atoms with Gasteiger partial charge in [0.2, 0.25) is 0 Å². The van der Waals surface area contributed by atoms with E-state index in [1.807, 2.05) is 0 Å². The van der Waals surface area contributed by atoms with E-state index in [0.717, 1.165) is 37.0 Å². The van der Waals surface area contributed by atoms with Crippen molar-refractivity contribution in [3.63, 3.8) is 0 Å². The Hall–Kier alpha value is -0.170. The third-order valence-corrected chi connectivity index (χ3v) is 7.30. The van der Waals surface area contributed by atoms with Crippen LogP contribution in [0.25, 0.3) is 0 Å². The number of thiocarbonyl (C=S) groups is 1. The van der Waals surface area contributed by atoms with Crippen LogP contribution in [-0.4, -0.2) is 4.86 Å². The minimum atomic E-state index is 0.575. The Morgan fingerprint density at radius 1 is 1.03 bits per heavy atom. The average molecular weight is 453 g/mol. The van der Waals surface area contributed by atoms with Gasteiger partial charge in [0.05, 0.1) is 0 Å². The topological polar surface area (TPSA) is 0 Å². The number of hydrogen-bond acceptors (Lipinski definition) is 1. The Balaban J connectivity index is 0. The molecule has 0 heterocycles. The molecule has 0 aromatic heterocycles. The van der Waals surface area contributed by atoms with Crippen LogP contribution in [0.3, 0.4) is 0 Å². The van der Waals surface area contributed by atoms with Gasteiger partial charge in [0, 0.05) is 0 Å². The van der Waals surface area contributed by atoms with Crippen molar-refractivity contribution in [2.75, 3.05) is 0 Å². The van der Waals surface area contributed by atoms with Crippen LogP contribution in [0, 0.1) is 23.2 Å². The lowest BCUT2D eigenvalue weighted by Crippen LogP contribution is -2.15. The van der Waals surface area contributed by atoms with Crippen LogP contribution in [0.1, 0.15) is 152 Å². The fourth-order valence-electron chi connectivity index (χ4n) is 4.42. The highest BCUT2D eigenvalue weighted by atomic mass is 32.1. The van der Waals surface area contributed by atoms with Crippen LogP contribution in [0.5, 0.6) is 0 Å². The molecular formula is C30H60S. The van der Waals surface area contributed by atoms with Gasteiger partial charge in [-0.25, -0.2) is 0 Å². The fraction of sp³-hybridized carbons (Fsp3) is 0.900. The average Bonchev–Trinajstić information content (AvgIpc) is 3.18. The van der Waals surface area contributed by atoms with Crippen LogP contribution in [-0.2, 0) is 0 Å². The summed E-state index contributed by atoms with van der Waals surface area (Å²) in [6.45, 7) is 20.7. The SMILES string of the molecule is CC/C=C\CCCC(=S)CC.CCC1CCC(C)C1.CCCCC(C)(C)CC(C)CC. The summed E-state index contributed by atoms with van der Waals surface area (Å²) in [6.07, 6.45) is 23.0. The Morgan fingerprint density at radius 2 is 1.71 bits per heavy atom. The normalized spacial score (nSPS) is 19.4. The van der Waals surface area contributed by atoms with Crippen molar-refractivity contribution in [2.45, 2.75) is 152 Å². The largest absolute Gasteiger partial charge is 0.0897 e. The first kappa shape index (κ1) is 33.0. The van der Waals surface area contributed by atoms with E-state index in [9.17, 15) is 0 Å². The Kier molecular flexibility index (Phi) is 23.1. The van der Waals surface area contributed by atoms with E-state index in [1.54, 1.807) is 0 Å². The summed E-state index contributed by atoms with van der Waals surface area (Å²) in [5.74, 6) is 3.00. The second-order valence-corrected chi connectivity index (χ2v) is 11.4. The molecule has 1 rings (SSSR count). The lowest BCUT2D eigenvalue weighted by Gasteiger charge is -2.27. The summed E-state index contributed by atoms with van der Waals surface area (Å²) in [7, 11) is 0. The number of unbranched alkanes of at least 4 members (excludes halogenated alkanes) is 2. The number of rotatable bonds is 13. The Morgan fingerprint density at radius 3 is 2.13 bits per heavy atom. The molecule has 1 saturated carbocycles. The second kappa shape index (κ2) is 21.7. The molecule has 31 heavy (non-hydrogen) atoms. The molecule has 0 bridgehead atoms. The van der Waals surface area contributed by atoms with Gasteiger partial charge in [-0.15, -0.1) is 0 Å². The first-order chi connectivity index (χ1) is 14.6. The van der Waals surface area contributed by atoms with Crippen LogP contribution in [0.2, 0.25) is 0 Å². The smallest absolute Gasteiger partial charge is 0.00741 e. The zero-order valence-electron chi connectivity index (χ0n) is 23.2. The number of hydrogen-bond donors (Lipinski definition) is 0. The maximum absolute atomic E-state index is 5.11. The number of allylic oxidation sites excluding steroid dienone is 2. The molecule has 0 nitrogen and oxygen atoms in total. The van der Waals surface area contributed by atoms with E-state index in [-0.39, 0.29) is 0 Å². The predicted octanol–water partition coefficient (Wildman–Crippen LogP) is 11.4. The van der Waals surface area contributed by atoms with Crippen molar-refractivity contribution < 1.29 is 0 Å². The minimum absolute atomic E-state index is 0.575. The maximum atomic E-state index is 5.11. The highest BCUT2D eigenvalue weighted by Gasteiger charge is 2.19. The van der Waals surface area contributed by atoms with E-state index in [1.165, 1.54) is 75.5 Å². The summed E-state index contributed by atoms with van der Waals surface area (Å²) in [6, 6.07) is 0. The summed E-state index contributed by atoms with van der Waals surface area (Å²) < 4.78 is 0. The molecule has 0 aromatic rings. The molecule has 1 heteroatoms. The van der Waals surface area contributed by atoms with E-state index in [2.05, 4.69) is 74.5 Å². The fourth-order valence-corrected chi connectivity index (χ4v) is 4.56. The Labute approximate surface area is 204 Å². The van der Waals surface area contributed by atoms with Crippen molar-refractivity contribution in [3.8, 4) is 0 Å². The molecule has 1 aliphatic carbocycles. The van der Waals surface area contributed by atoms with Crippen LogP contribution in [0.15, 0.2) is 12.2 Å². The lowest BCUT2D eigenvalue weighted by atomic mass is 9.79. The zero-order chi connectivity index (χ0) is 24.1. The van der Waals surface area contributed by atoms with Crippen molar-refractivity contribution in [3.05, 3.63) is 12.2 Å². The molecule has 1 aliphatic rings. The minimum Gasteiger partial charge on any atom is -0.0897 e. The van der Waals surface area contributed by atoms with Gasteiger partial charge in [0.15, 0.2) is 0 Å². The van der Waals surface area contributed by atoms with Crippen LogP contribution >= 0.6 is 12.2 Å². The first-order valence-corrected chi connectivity index (χ1v) is 14.2. The molecule has 0 aromatic carbocycles. The summed E-state index contributed by atoms with van der Waals surface area (Å²) >= 11 is 5.11. The van der Waals surface area contributed by atoms with Crippen molar-refractivity contribution in [2.24, 2.45) is 23.2 Å². The highest BCUT2D eigenvalue weighted by molar-refractivity contribution is 7.80. The predicted molar refractivity (Wildman–Crippen MR) is 150 cm³/mol. The molecule has 0 saturated heterocycles. The van der Waals surface area contributed by atoms with Gasteiger partial charge in [-0.05, 0) is 79.4 Å². The monoisotopic (exact) mass is 452 g/mol. The van der Waals surface area contributed by atoms with Gasteiger partial charge < -0.3 is 0 Å². The first-order valence-electron chi connectivity index (χ1n) is 13.8. The molecule has 0 N–H and O–H groups in total. The van der Waals surface area contributed by atoms with Gasteiger partial charge in [-0.3, -0.25) is 0 Å². The second-order valence-electron chi connectivity index (χ2n) is 10.8. The van der Waals surface area contributed by atoms with Gasteiger partial charge in [-0.2, -0.15) is 0 Å². The van der Waals surface area contributed by atoms with Gasteiger partial charge in [0.1, 0.15) is 0 Å². The van der Waals surface area contributed by atoms with Crippen molar-refractivity contribution >= 4 is 17.1 Å². The molecular weight excluding hydrogens is 392 g/mol. The maximum Gasteiger partial charge on any atom is -0.00741 e. The van der Waals surface area contributed by atoms with E-state index in [4.69, 9.17) is 12.2 Å². The van der Waals surface area contributed by atoms with E-state index >= 15 is 0 Å². The molecule has 3 unspecified atom stereocenters. The van der Waals surface area contributed by atoms with E-state index < -0.39 is 0 Å². The summed E-state index contributed by atoms with van der Waals surface area (Å²) in [4.78, 5) is 1.22. The van der Waals surface area contributed by atoms with Gasteiger partial charge in [0.25, 0.3) is 0 Å². The third-order valence-electron chi connectivity index (χ3n) is 6.81. The summed E-state index contributed by atoms with van der Waals surface area (Å²) in [5.41, 5.74) is 0.575. The lowest BCUT2D eigenvalue weighted by molar-refractivity contribution is 0.247. The molecule has 0 aliphatic heterocycles. The van der Waals surface area contributed by atoms with Crippen molar-refractivity contribution in [1.82, 2.24) is 0 Å². The molecule has 186 valence electrons. The molecule has 1 fully saturated rings. The van der Waals surface area contributed by atoms with E-state index in [0.29, 0.717) is 5.41 Å².